The van der Waals surface area contributed by atoms with Crippen LogP contribution < -0.4 is 5.73 Å². The first-order valence-electron chi connectivity index (χ1n) is 4.95. The molecule has 0 spiro atoms. The predicted octanol–water partition coefficient (Wildman–Crippen LogP) is 3.47. The van der Waals surface area contributed by atoms with E-state index in [9.17, 15) is 17.6 Å². The second-order valence-electron chi connectivity index (χ2n) is 3.74. The Morgan fingerprint density at radius 1 is 1.33 bits per heavy atom. The van der Waals surface area contributed by atoms with Gasteiger partial charge in [-0.1, -0.05) is 0 Å². The summed E-state index contributed by atoms with van der Waals surface area (Å²) in [6, 6.07) is 2.49. The van der Waals surface area contributed by atoms with Crippen LogP contribution in [0, 0.1) is 5.82 Å². The van der Waals surface area contributed by atoms with Gasteiger partial charge in [0.05, 0.1) is 21.9 Å². The molecule has 0 saturated heterocycles. The molecule has 0 unspecified atom stereocenters. The second-order valence-corrected chi connectivity index (χ2v) is 4.60. The van der Waals surface area contributed by atoms with E-state index in [2.05, 4.69) is 20.9 Å². The molecule has 0 saturated carbocycles. The Morgan fingerprint density at radius 2 is 2.00 bits per heavy atom. The van der Waals surface area contributed by atoms with Gasteiger partial charge >= 0.3 is 6.18 Å². The third kappa shape index (κ3) is 2.58. The highest BCUT2D eigenvalue weighted by atomic mass is 79.9. The van der Waals surface area contributed by atoms with Gasteiger partial charge in [-0.3, -0.25) is 0 Å². The fourth-order valence-electron chi connectivity index (χ4n) is 1.61. The Morgan fingerprint density at radius 3 is 2.61 bits per heavy atom. The zero-order valence-corrected chi connectivity index (χ0v) is 10.5. The van der Waals surface area contributed by atoms with Crippen molar-refractivity contribution < 1.29 is 17.6 Å². The van der Waals surface area contributed by atoms with Crippen molar-refractivity contribution >= 4 is 32.9 Å². The van der Waals surface area contributed by atoms with Gasteiger partial charge in [-0.2, -0.15) is 13.2 Å². The Hall–Kier alpha value is -1.31. The minimum Gasteiger partial charge on any atom is -0.369 e. The third-order valence-electron chi connectivity index (χ3n) is 2.44. The smallest absolute Gasteiger partial charge is 0.369 e. The van der Waals surface area contributed by atoms with Crippen molar-refractivity contribution in [1.29, 1.82) is 0 Å². The number of alkyl halides is 3. The van der Waals surface area contributed by atoms with Gasteiger partial charge in [0.15, 0.2) is 0 Å². The fraction of sp³-hybridized carbons (Fsp3) is 0.300. The summed E-state index contributed by atoms with van der Waals surface area (Å²) in [6.45, 7) is -0.343. The number of benzene rings is 1. The van der Waals surface area contributed by atoms with Gasteiger partial charge in [0.2, 0.25) is 5.95 Å². The van der Waals surface area contributed by atoms with Crippen molar-refractivity contribution in [3.8, 4) is 0 Å². The van der Waals surface area contributed by atoms with E-state index in [-0.39, 0.29) is 22.5 Å². The number of rotatable bonds is 2. The predicted molar refractivity (Wildman–Crippen MR) is 62.5 cm³/mol. The van der Waals surface area contributed by atoms with Crippen LogP contribution in [0.1, 0.15) is 6.42 Å². The molecule has 98 valence electrons. The Labute approximate surface area is 108 Å². The summed E-state index contributed by atoms with van der Waals surface area (Å²) in [4.78, 5) is 3.83. The molecule has 0 atom stereocenters. The lowest BCUT2D eigenvalue weighted by Crippen LogP contribution is -2.13. The van der Waals surface area contributed by atoms with Gasteiger partial charge in [-0.25, -0.2) is 9.37 Å². The summed E-state index contributed by atoms with van der Waals surface area (Å²) in [5.41, 5.74) is 6.13. The van der Waals surface area contributed by atoms with Gasteiger partial charge in [0, 0.05) is 12.6 Å². The summed E-state index contributed by atoms with van der Waals surface area (Å²) >= 11 is 2.97. The topological polar surface area (TPSA) is 43.8 Å². The van der Waals surface area contributed by atoms with Crippen molar-refractivity contribution in [2.24, 2.45) is 0 Å². The summed E-state index contributed by atoms with van der Waals surface area (Å²) in [6.07, 6.45) is -5.29. The molecule has 0 fully saturated rings. The highest BCUT2D eigenvalue weighted by Crippen LogP contribution is 2.27. The van der Waals surface area contributed by atoms with E-state index < -0.39 is 18.4 Å². The molecule has 1 aromatic heterocycles. The zero-order chi connectivity index (χ0) is 13.5. The molecule has 0 amide bonds. The Bertz CT molecular complexity index is 591. The van der Waals surface area contributed by atoms with Crippen LogP contribution in [-0.2, 0) is 6.54 Å². The minimum atomic E-state index is -4.28. The van der Waals surface area contributed by atoms with Crippen LogP contribution >= 0.6 is 15.9 Å². The molecule has 8 heteroatoms. The number of anilines is 1. The maximum atomic E-state index is 13.2. The number of aryl methyl sites for hydroxylation is 1. The van der Waals surface area contributed by atoms with Crippen LogP contribution in [0.4, 0.5) is 23.5 Å². The molecule has 0 radical (unpaired) electrons. The second kappa shape index (κ2) is 4.42. The van der Waals surface area contributed by atoms with Crippen molar-refractivity contribution in [1.82, 2.24) is 9.55 Å². The number of fused-ring (bicyclic) bond motifs is 1. The van der Waals surface area contributed by atoms with Crippen LogP contribution in [0.15, 0.2) is 16.6 Å². The number of nitrogens with zero attached hydrogens (tertiary/aromatic N) is 2. The minimum absolute atomic E-state index is 0.0632. The average molecular weight is 326 g/mol. The molecule has 0 bridgehead atoms. The van der Waals surface area contributed by atoms with Crippen LogP contribution in [0.25, 0.3) is 11.0 Å². The van der Waals surface area contributed by atoms with Crippen LogP contribution in [-0.4, -0.2) is 15.7 Å². The molecular formula is C10H8BrF4N3. The first-order chi connectivity index (χ1) is 8.28. The van der Waals surface area contributed by atoms with Crippen molar-refractivity contribution in [3.63, 3.8) is 0 Å². The average Bonchev–Trinajstić information content (AvgIpc) is 2.51. The van der Waals surface area contributed by atoms with Crippen molar-refractivity contribution in [2.45, 2.75) is 19.1 Å². The van der Waals surface area contributed by atoms with Crippen LogP contribution in [0.3, 0.4) is 0 Å². The Kier molecular flexibility index (Phi) is 3.22. The third-order valence-corrected chi connectivity index (χ3v) is 3.05. The van der Waals surface area contributed by atoms with Crippen LogP contribution in [0.2, 0.25) is 0 Å². The lowest BCUT2D eigenvalue weighted by molar-refractivity contribution is -0.136. The number of halogens is 5. The van der Waals surface area contributed by atoms with Gasteiger partial charge in [-0.05, 0) is 22.0 Å². The molecule has 0 aliphatic carbocycles. The number of nitrogen functional groups attached to an aromatic ring is 1. The SMILES string of the molecule is Nc1nc2cc(F)c(Br)cc2n1CCC(F)(F)F. The van der Waals surface area contributed by atoms with Gasteiger partial charge in [-0.15, -0.1) is 0 Å². The highest BCUT2D eigenvalue weighted by molar-refractivity contribution is 9.10. The van der Waals surface area contributed by atoms with E-state index in [1.807, 2.05) is 0 Å². The van der Waals surface area contributed by atoms with Gasteiger partial charge < -0.3 is 10.3 Å². The summed E-state index contributed by atoms with van der Waals surface area (Å²) in [5, 5.41) is 0. The molecule has 0 aliphatic heterocycles. The van der Waals surface area contributed by atoms with E-state index in [0.717, 1.165) is 6.07 Å². The highest BCUT2D eigenvalue weighted by Gasteiger charge is 2.27. The molecule has 18 heavy (non-hydrogen) atoms. The first-order valence-corrected chi connectivity index (χ1v) is 5.75. The summed E-state index contributed by atoms with van der Waals surface area (Å²) < 4.78 is 51.2. The molecule has 1 heterocycles. The van der Waals surface area contributed by atoms with E-state index in [0.29, 0.717) is 5.52 Å². The standard InChI is InChI=1S/C10H8BrF4N3/c11-5-3-8-7(4-6(5)12)17-9(16)18(8)2-1-10(13,14)15/h3-4H,1-2H2,(H2,16,17). The number of nitrogens with two attached hydrogens (primary N) is 1. The van der Waals surface area contributed by atoms with Gasteiger partial charge in [0.1, 0.15) is 5.82 Å². The number of hydrogen-bond acceptors (Lipinski definition) is 2. The molecule has 2 rings (SSSR count). The molecule has 3 nitrogen and oxygen atoms in total. The molecular weight excluding hydrogens is 318 g/mol. The monoisotopic (exact) mass is 325 g/mol. The Balaban J connectivity index is 2.44. The maximum absolute atomic E-state index is 13.2. The zero-order valence-electron chi connectivity index (χ0n) is 8.93. The van der Waals surface area contributed by atoms with Crippen molar-refractivity contribution in [3.05, 3.63) is 22.4 Å². The summed E-state index contributed by atoms with van der Waals surface area (Å²) in [7, 11) is 0. The lowest BCUT2D eigenvalue weighted by Gasteiger charge is -2.09. The van der Waals surface area contributed by atoms with E-state index in [1.165, 1.54) is 10.6 Å². The maximum Gasteiger partial charge on any atom is 0.390 e. The molecule has 2 N–H and O–H groups in total. The van der Waals surface area contributed by atoms with E-state index in [4.69, 9.17) is 5.73 Å². The largest absolute Gasteiger partial charge is 0.390 e. The van der Waals surface area contributed by atoms with Crippen molar-refractivity contribution in [2.75, 3.05) is 5.73 Å². The van der Waals surface area contributed by atoms with Crippen LogP contribution in [0.5, 0.6) is 0 Å². The molecule has 1 aromatic carbocycles. The lowest BCUT2D eigenvalue weighted by atomic mass is 10.3. The molecule has 2 aromatic rings. The number of imidazole rings is 1. The van der Waals surface area contributed by atoms with E-state index >= 15 is 0 Å². The number of aromatic nitrogens is 2. The normalized spacial score (nSPS) is 12.3. The van der Waals surface area contributed by atoms with E-state index in [1.54, 1.807) is 0 Å². The summed E-state index contributed by atoms with van der Waals surface area (Å²) in [5.74, 6) is -0.602. The van der Waals surface area contributed by atoms with Gasteiger partial charge in [0.25, 0.3) is 0 Å². The first kappa shape index (κ1) is 13.1. The quantitative estimate of drug-likeness (QED) is 0.859. The fourth-order valence-corrected chi connectivity index (χ4v) is 1.94. The number of hydrogen-bond donors (Lipinski definition) is 1. The molecule has 0 aliphatic rings.